The molecule has 0 aliphatic carbocycles. The van der Waals surface area contributed by atoms with Crippen molar-refractivity contribution in [1.29, 1.82) is 0 Å². The molecule has 1 rings (SSSR count). The third-order valence-corrected chi connectivity index (χ3v) is 2.15. The van der Waals surface area contributed by atoms with Gasteiger partial charge in [-0.25, -0.2) is 8.78 Å². The molecule has 4 heteroatoms. The minimum Gasteiger partial charge on any atom is -0.491 e. The highest BCUT2D eigenvalue weighted by Gasteiger charge is 2.03. The van der Waals surface area contributed by atoms with Crippen molar-refractivity contribution in [1.82, 2.24) is 5.32 Å². The molecule has 1 aromatic carbocycles. The Morgan fingerprint density at radius 1 is 1.25 bits per heavy atom. The van der Waals surface area contributed by atoms with E-state index >= 15 is 0 Å². The van der Waals surface area contributed by atoms with E-state index in [4.69, 9.17) is 4.74 Å². The molecule has 1 aromatic rings. The van der Waals surface area contributed by atoms with Crippen molar-refractivity contribution in [2.75, 3.05) is 19.7 Å². The topological polar surface area (TPSA) is 21.3 Å². The standard InChI is InChI=1S/C12H17F2NO/c1-2-15-7-3-4-8-16-12-6-5-10(13)9-11(12)14/h5-6,9,15H,2-4,7-8H2,1H3. The maximum absolute atomic E-state index is 13.1. The van der Waals surface area contributed by atoms with Crippen molar-refractivity contribution in [3.63, 3.8) is 0 Å². The molecule has 0 aliphatic rings. The molecule has 0 atom stereocenters. The fraction of sp³-hybridized carbons (Fsp3) is 0.500. The molecule has 1 N–H and O–H groups in total. The quantitative estimate of drug-likeness (QED) is 0.726. The van der Waals surface area contributed by atoms with Gasteiger partial charge in [0.2, 0.25) is 0 Å². The molecule has 0 saturated carbocycles. The molecule has 0 spiro atoms. The summed E-state index contributed by atoms with van der Waals surface area (Å²) in [4.78, 5) is 0. The van der Waals surface area contributed by atoms with Gasteiger partial charge in [-0.2, -0.15) is 0 Å². The minimum atomic E-state index is -0.647. The second kappa shape index (κ2) is 7.17. The van der Waals surface area contributed by atoms with Gasteiger partial charge in [0.25, 0.3) is 0 Å². The van der Waals surface area contributed by atoms with Gasteiger partial charge in [-0.15, -0.1) is 0 Å². The Morgan fingerprint density at radius 2 is 2.06 bits per heavy atom. The van der Waals surface area contributed by atoms with E-state index in [1.54, 1.807) is 0 Å². The highest BCUT2D eigenvalue weighted by Crippen LogP contribution is 2.17. The highest BCUT2D eigenvalue weighted by molar-refractivity contribution is 5.24. The van der Waals surface area contributed by atoms with E-state index < -0.39 is 11.6 Å². The van der Waals surface area contributed by atoms with Gasteiger partial charge in [-0.05, 0) is 38.1 Å². The van der Waals surface area contributed by atoms with E-state index in [2.05, 4.69) is 5.32 Å². The monoisotopic (exact) mass is 229 g/mol. The van der Waals surface area contributed by atoms with E-state index in [9.17, 15) is 8.78 Å². The van der Waals surface area contributed by atoms with E-state index in [0.717, 1.165) is 32.0 Å². The zero-order valence-electron chi connectivity index (χ0n) is 9.43. The van der Waals surface area contributed by atoms with Crippen LogP contribution in [0, 0.1) is 11.6 Å². The molecular formula is C12H17F2NO. The molecule has 0 fully saturated rings. The summed E-state index contributed by atoms with van der Waals surface area (Å²) >= 11 is 0. The van der Waals surface area contributed by atoms with Crippen LogP contribution in [0.25, 0.3) is 0 Å². The van der Waals surface area contributed by atoms with Crippen LogP contribution in [-0.4, -0.2) is 19.7 Å². The minimum absolute atomic E-state index is 0.116. The fourth-order valence-corrected chi connectivity index (χ4v) is 1.30. The van der Waals surface area contributed by atoms with Crippen LogP contribution < -0.4 is 10.1 Å². The maximum Gasteiger partial charge on any atom is 0.167 e. The predicted molar refractivity (Wildman–Crippen MR) is 59.6 cm³/mol. The molecule has 16 heavy (non-hydrogen) atoms. The van der Waals surface area contributed by atoms with Crippen molar-refractivity contribution in [2.45, 2.75) is 19.8 Å². The van der Waals surface area contributed by atoms with Crippen molar-refractivity contribution in [2.24, 2.45) is 0 Å². The predicted octanol–water partition coefficient (Wildman–Crippen LogP) is 2.73. The summed E-state index contributed by atoms with van der Waals surface area (Å²) in [7, 11) is 0. The van der Waals surface area contributed by atoms with E-state index in [1.807, 2.05) is 6.92 Å². The summed E-state index contributed by atoms with van der Waals surface area (Å²) in [6.07, 6.45) is 1.83. The third kappa shape index (κ3) is 4.57. The van der Waals surface area contributed by atoms with Crippen LogP contribution >= 0.6 is 0 Å². The van der Waals surface area contributed by atoms with E-state index in [-0.39, 0.29) is 5.75 Å². The zero-order valence-corrected chi connectivity index (χ0v) is 9.43. The second-order valence-corrected chi connectivity index (χ2v) is 3.48. The number of nitrogens with one attached hydrogen (secondary N) is 1. The van der Waals surface area contributed by atoms with Crippen LogP contribution in [0.3, 0.4) is 0 Å². The smallest absolute Gasteiger partial charge is 0.167 e. The average Bonchev–Trinajstić information content (AvgIpc) is 2.26. The molecule has 0 bridgehead atoms. The number of benzene rings is 1. The highest BCUT2D eigenvalue weighted by atomic mass is 19.1. The van der Waals surface area contributed by atoms with Gasteiger partial charge in [0, 0.05) is 6.07 Å². The van der Waals surface area contributed by atoms with Gasteiger partial charge >= 0.3 is 0 Å². The Hall–Kier alpha value is -1.16. The maximum atomic E-state index is 13.1. The lowest BCUT2D eigenvalue weighted by molar-refractivity contribution is 0.290. The summed E-state index contributed by atoms with van der Waals surface area (Å²) in [6, 6.07) is 3.33. The molecular weight excluding hydrogens is 212 g/mol. The van der Waals surface area contributed by atoms with Gasteiger partial charge in [0.15, 0.2) is 11.6 Å². The Bertz CT molecular complexity index is 318. The SMILES string of the molecule is CCNCCCCOc1ccc(F)cc1F. The zero-order chi connectivity index (χ0) is 11.8. The van der Waals surface area contributed by atoms with Crippen molar-refractivity contribution < 1.29 is 13.5 Å². The van der Waals surface area contributed by atoms with Crippen LogP contribution in [0.4, 0.5) is 8.78 Å². The summed E-state index contributed by atoms with van der Waals surface area (Å²) in [5.74, 6) is -1.12. The van der Waals surface area contributed by atoms with Crippen molar-refractivity contribution >= 4 is 0 Å². The van der Waals surface area contributed by atoms with Crippen LogP contribution in [0.1, 0.15) is 19.8 Å². The second-order valence-electron chi connectivity index (χ2n) is 3.48. The summed E-state index contributed by atoms with van der Waals surface area (Å²) in [6.45, 7) is 4.39. The molecule has 0 heterocycles. The Kier molecular flexibility index (Phi) is 5.78. The molecule has 0 aliphatic heterocycles. The van der Waals surface area contributed by atoms with Crippen LogP contribution in [0.5, 0.6) is 5.75 Å². The first-order valence-electron chi connectivity index (χ1n) is 5.52. The molecule has 0 saturated heterocycles. The number of halogens is 2. The number of rotatable bonds is 7. The number of hydrogen-bond acceptors (Lipinski definition) is 2. The molecule has 0 radical (unpaired) electrons. The third-order valence-electron chi connectivity index (χ3n) is 2.15. The number of unbranched alkanes of at least 4 members (excludes halogenated alkanes) is 1. The lowest BCUT2D eigenvalue weighted by Gasteiger charge is -2.07. The fourth-order valence-electron chi connectivity index (χ4n) is 1.30. The van der Waals surface area contributed by atoms with Crippen molar-refractivity contribution in [3.8, 4) is 5.75 Å². The van der Waals surface area contributed by atoms with Gasteiger partial charge in [-0.1, -0.05) is 6.92 Å². The number of hydrogen-bond donors (Lipinski definition) is 1. The van der Waals surface area contributed by atoms with E-state index in [0.29, 0.717) is 6.61 Å². The summed E-state index contributed by atoms with van der Waals surface area (Å²) in [5, 5.41) is 3.19. The molecule has 0 aromatic heterocycles. The molecule has 90 valence electrons. The Balaban J connectivity index is 2.21. The molecule has 0 amide bonds. The Morgan fingerprint density at radius 3 is 2.75 bits per heavy atom. The first-order chi connectivity index (χ1) is 7.74. The Labute approximate surface area is 94.6 Å². The van der Waals surface area contributed by atoms with E-state index in [1.165, 1.54) is 12.1 Å². The van der Waals surface area contributed by atoms with Gasteiger partial charge in [0.1, 0.15) is 5.82 Å². The normalized spacial score (nSPS) is 10.4. The van der Waals surface area contributed by atoms with Gasteiger partial charge in [0.05, 0.1) is 6.61 Å². The largest absolute Gasteiger partial charge is 0.491 e. The first kappa shape index (κ1) is 12.9. The first-order valence-corrected chi connectivity index (χ1v) is 5.52. The summed E-state index contributed by atoms with van der Waals surface area (Å²) in [5.41, 5.74) is 0. The molecule has 2 nitrogen and oxygen atoms in total. The van der Waals surface area contributed by atoms with Crippen LogP contribution in [0.2, 0.25) is 0 Å². The van der Waals surface area contributed by atoms with Gasteiger partial charge in [-0.3, -0.25) is 0 Å². The lowest BCUT2D eigenvalue weighted by Crippen LogP contribution is -2.14. The van der Waals surface area contributed by atoms with Crippen LogP contribution in [0.15, 0.2) is 18.2 Å². The van der Waals surface area contributed by atoms with Crippen LogP contribution in [-0.2, 0) is 0 Å². The van der Waals surface area contributed by atoms with Crippen molar-refractivity contribution in [3.05, 3.63) is 29.8 Å². The molecule has 0 unspecified atom stereocenters. The lowest BCUT2D eigenvalue weighted by atomic mass is 10.3. The summed E-state index contributed by atoms with van der Waals surface area (Å²) < 4.78 is 30.9. The number of ether oxygens (including phenoxy) is 1. The average molecular weight is 229 g/mol. The van der Waals surface area contributed by atoms with Gasteiger partial charge < -0.3 is 10.1 Å².